The molecule has 0 aromatic heterocycles. The van der Waals surface area contributed by atoms with Crippen molar-refractivity contribution in [2.75, 3.05) is 27.2 Å². The van der Waals surface area contributed by atoms with E-state index >= 15 is 0 Å². The zero-order valence-corrected chi connectivity index (χ0v) is 13.3. The van der Waals surface area contributed by atoms with Crippen molar-refractivity contribution in [3.05, 3.63) is 29.8 Å². The smallest absolute Gasteiger partial charge is 0.123 e. The molecule has 0 bridgehead atoms. The molecule has 2 atom stereocenters. The van der Waals surface area contributed by atoms with Gasteiger partial charge in [-0.3, -0.25) is 4.90 Å². The van der Waals surface area contributed by atoms with Gasteiger partial charge in [0, 0.05) is 11.1 Å². The summed E-state index contributed by atoms with van der Waals surface area (Å²) in [5.41, 5.74) is 1.38. The van der Waals surface area contributed by atoms with Gasteiger partial charge >= 0.3 is 0 Å². The molecule has 0 amide bonds. The van der Waals surface area contributed by atoms with Crippen molar-refractivity contribution in [2.24, 2.45) is 0 Å². The molecule has 0 spiro atoms. The molecule has 2 unspecified atom stereocenters. The van der Waals surface area contributed by atoms with Gasteiger partial charge in [-0.05, 0) is 52.4 Å². The van der Waals surface area contributed by atoms with Gasteiger partial charge in [-0.2, -0.15) is 0 Å². The molecule has 0 radical (unpaired) electrons. The van der Waals surface area contributed by atoms with Crippen molar-refractivity contribution >= 4 is 0 Å². The molecular formula is C17H28N2O. The number of ether oxygens (including phenoxy) is 1. The lowest BCUT2D eigenvalue weighted by Crippen LogP contribution is -2.52. The van der Waals surface area contributed by atoms with Gasteiger partial charge in [-0.25, -0.2) is 0 Å². The number of likely N-dealkylation sites (N-methyl/N-ethyl adjacent to an activating group) is 1. The van der Waals surface area contributed by atoms with E-state index in [-0.39, 0.29) is 11.6 Å². The van der Waals surface area contributed by atoms with Gasteiger partial charge in [0.15, 0.2) is 0 Å². The molecule has 1 saturated heterocycles. The van der Waals surface area contributed by atoms with Gasteiger partial charge in [0.25, 0.3) is 0 Å². The number of para-hydroxylation sites is 1. The zero-order chi connectivity index (χ0) is 14.6. The van der Waals surface area contributed by atoms with Gasteiger partial charge in [0.1, 0.15) is 5.75 Å². The number of benzene rings is 1. The number of methoxy groups -OCH3 is 1. The van der Waals surface area contributed by atoms with Gasteiger partial charge in [0.05, 0.1) is 13.2 Å². The number of hydrogen-bond acceptors (Lipinski definition) is 3. The Balaban J connectivity index is 2.38. The molecule has 1 aliphatic rings. The van der Waals surface area contributed by atoms with Gasteiger partial charge in [-0.15, -0.1) is 0 Å². The zero-order valence-electron chi connectivity index (χ0n) is 13.3. The second-order valence-electron chi connectivity index (χ2n) is 5.87. The molecule has 0 aliphatic carbocycles. The molecular weight excluding hydrogens is 248 g/mol. The van der Waals surface area contributed by atoms with Crippen LogP contribution in [0.3, 0.4) is 0 Å². The third-order valence-corrected chi connectivity index (χ3v) is 4.90. The second-order valence-corrected chi connectivity index (χ2v) is 5.87. The third kappa shape index (κ3) is 2.70. The van der Waals surface area contributed by atoms with Crippen LogP contribution in [0.4, 0.5) is 0 Å². The monoisotopic (exact) mass is 276 g/mol. The molecule has 1 heterocycles. The molecule has 1 fully saturated rings. The Morgan fingerprint density at radius 3 is 2.50 bits per heavy atom. The number of nitrogens with one attached hydrogen (secondary N) is 1. The van der Waals surface area contributed by atoms with Crippen LogP contribution in [0.2, 0.25) is 0 Å². The Kier molecular flexibility index (Phi) is 5.06. The maximum Gasteiger partial charge on any atom is 0.123 e. The molecule has 3 heteroatoms. The third-order valence-electron chi connectivity index (χ3n) is 4.90. The van der Waals surface area contributed by atoms with E-state index in [4.69, 9.17) is 4.74 Å². The number of rotatable bonds is 6. The summed E-state index contributed by atoms with van der Waals surface area (Å²) in [7, 11) is 3.81. The van der Waals surface area contributed by atoms with Crippen LogP contribution in [0.25, 0.3) is 0 Å². The topological polar surface area (TPSA) is 24.5 Å². The van der Waals surface area contributed by atoms with E-state index in [9.17, 15) is 0 Å². The fourth-order valence-electron chi connectivity index (χ4n) is 3.54. The number of hydrogen-bond donors (Lipinski definition) is 1. The van der Waals surface area contributed by atoms with Crippen molar-refractivity contribution in [1.82, 2.24) is 10.2 Å². The highest BCUT2D eigenvalue weighted by Gasteiger charge is 2.40. The predicted octanol–water partition coefficient (Wildman–Crippen LogP) is 3.22. The summed E-state index contributed by atoms with van der Waals surface area (Å²) in [5, 5.41) is 3.54. The van der Waals surface area contributed by atoms with Crippen molar-refractivity contribution < 1.29 is 4.74 Å². The summed E-state index contributed by atoms with van der Waals surface area (Å²) >= 11 is 0. The summed E-state index contributed by atoms with van der Waals surface area (Å²) in [4.78, 5) is 2.64. The van der Waals surface area contributed by atoms with E-state index in [1.54, 1.807) is 7.11 Å². The standard InChI is InChI=1S/C17H28N2O/c1-5-17(2,19-12-8-9-13-19)16(18-3)14-10-6-7-11-15(14)20-4/h6-7,10-11,16,18H,5,8-9,12-13H2,1-4H3. The normalized spacial score (nSPS) is 20.6. The van der Waals surface area contributed by atoms with E-state index in [0.717, 1.165) is 12.2 Å². The highest BCUT2D eigenvalue weighted by atomic mass is 16.5. The van der Waals surface area contributed by atoms with E-state index in [1.807, 2.05) is 6.07 Å². The first-order chi connectivity index (χ1) is 9.67. The molecule has 1 aromatic carbocycles. The summed E-state index contributed by atoms with van der Waals surface area (Å²) in [6.07, 6.45) is 3.76. The van der Waals surface area contributed by atoms with Crippen LogP contribution in [-0.4, -0.2) is 37.7 Å². The quantitative estimate of drug-likeness (QED) is 0.863. The minimum absolute atomic E-state index is 0.125. The lowest BCUT2D eigenvalue weighted by atomic mass is 9.82. The number of likely N-dealkylation sites (tertiary alicyclic amines) is 1. The first-order valence-corrected chi connectivity index (χ1v) is 7.72. The van der Waals surface area contributed by atoms with Crippen LogP contribution in [-0.2, 0) is 0 Å². The minimum atomic E-state index is 0.125. The van der Waals surface area contributed by atoms with Crippen molar-refractivity contribution in [3.8, 4) is 5.75 Å². The fraction of sp³-hybridized carbons (Fsp3) is 0.647. The molecule has 1 aliphatic heterocycles. The highest BCUT2D eigenvalue weighted by Crippen LogP contribution is 2.39. The van der Waals surface area contributed by atoms with Gasteiger partial charge in [0.2, 0.25) is 0 Å². The van der Waals surface area contributed by atoms with Crippen LogP contribution in [0.15, 0.2) is 24.3 Å². The van der Waals surface area contributed by atoms with E-state index in [0.29, 0.717) is 0 Å². The Labute approximate surface area is 123 Å². The van der Waals surface area contributed by atoms with Crippen LogP contribution in [0, 0.1) is 0 Å². The molecule has 0 saturated carbocycles. The van der Waals surface area contributed by atoms with Crippen LogP contribution >= 0.6 is 0 Å². The van der Waals surface area contributed by atoms with Crippen LogP contribution < -0.4 is 10.1 Å². The molecule has 20 heavy (non-hydrogen) atoms. The Bertz CT molecular complexity index is 429. The van der Waals surface area contributed by atoms with Crippen molar-refractivity contribution in [1.29, 1.82) is 0 Å². The molecule has 3 nitrogen and oxygen atoms in total. The van der Waals surface area contributed by atoms with E-state index in [2.05, 4.69) is 49.3 Å². The van der Waals surface area contributed by atoms with Crippen molar-refractivity contribution in [2.45, 2.75) is 44.7 Å². The largest absolute Gasteiger partial charge is 0.496 e. The maximum absolute atomic E-state index is 5.57. The predicted molar refractivity (Wildman–Crippen MR) is 84.3 cm³/mol. The highest BCUT2D eigenvalue weighted by molar-refractivity contribution is 5.38. The minimum Gasteiger partial charge on any atom is -0.496 e. The van der Waals surface area contributed by atoms with Crippen molar-refractivity contribution in [3.63, 3.8) is 0 Å². The van der Waals surface area contributed by atoms with Gasteiger partial charge < -0.3 is 10.1 Å². The van der Waals surface area contributed by atoms with Crippen LogP contribution in [0.1, 0.15) is 44.7 Å². The molecule has 2 rings (SSSR count). The average Bonchev–Trinajstić information content (AvgIpc) is 3.03. The average molecular weight is 276 g/mol. The fourth-order valence-corrected chi connectivity index (χ4v) is 3.54. The van der Waals surface area contributed by atoms with Gasteiger partial charge in [-0.1, -0.05) is 25.1 Å². The molecule has 112 valence electrons. The first-order valence-electron chi connectivity index (χ1n) is 7.72. The SMILES string of the molecule is CCC(C)(C(NC)c1ccccc1OC)N1CCCC1. The Hall–Kier alpha value is -1.06. The van der Waals surface area contributed by atoms with Crippen LogP contribution in [0.5, 0.6) is 5.75 Å². The summed E-state index contributed by atoms with van der Waals surface area (Å²) in [6.45, 7) is 7.08. The van der Waals surface area contributed by atoms with E-state index in [1.165, 1.54) is 31.5 Å². The lowest BCUT2D eigenvalue weighted by molar-refractivity contribution is 0.0861. The Morgan fingerprint density at radius 2 is 1.95 bits per heavy atom. The summed E-state index contributed by atoms with van der Waals surface area (Å²) in [5.74, 6) is 0.978. The molecule has 1 aromatic rings. The summed E-state index contributed by atoms with van der Waals surface area (Å²) in [6, 6.07) is 8.65. The number of nitrogens with zero attached hydrogens (tertiary/aromatic N) is 1. The lowest BCUT2D eigenvalue weighted by Gasteiger charge is -2.45. The Morgan fingerprint density at radius 1 is 1.30 bits per heavy atom. The first kappa shape index (κ1) is 15.3. The second kappa shape index (κ2) is 6.59. The maximum atomic E-state index is 5.57. The molecule has 1 N–H and O–H groups in total. The van der Waals surface area contributed by atoms with E-state index < -0.39 is 0 Å². The summed E-state index contributed by atoms with van der Waals surface area (Å²) < 4.78 is 5.57.